The number of unbranched alkanes of at least 4 members (excludes halogenated alkanes) is 2. The van der Waals surface area contributed by atoms with Crippen molar-refractivity contribution in [1.82, 2.24) is 9.80 Å². The highest BCUT2D eigenvalue weighted by Crippen LogP contribution is 2.65. The smallest absolute Gasteiger partial charge is 0.312 e. The van der Waals surface area contributed by atoms with E-state index in [0.29, 0.717) is 19.4 Å². The highest BCUT2D eigenvalue weighted by Gasteiger charge is 2.80. The van der Waals surface area contributed by atoms with Crippen LogP contribution in [0.4, 0.5) is 0 Å². The Labute approximate surface area is 241 Å². The number of carbonyl (C=O) groups excluding carboxylic acids is 3. The van der Waals surface area contributed by atoms with Gasteiger partial charge < -0.3 is 24.4 Å². The largest absolute Gasteiger partial charge is 0.465 e. The van der Waals surface area contributed by atoms with Crippen molar-refractivity contribution in [3.63, 3.8) is 0 Å². The number of aliphatic hydroxyl groups excluding tert-OH is 1. The standard InChI is InChI=1S/C32H52N2O6/c1-11-13-14-15-17-39-28(38)24-23-26(36)34(22(4)19-35)25(32(23)18-21(3)31(24,10)40-32)27(37)33(16-12-2)30(8,9)20-29(5,6)7/h11-12,21-25,35H,1-2,13-20H2,3-10H3/t21?,22-,23+,24+,25?,31-,32?/m1/s1. The van der Waals surface area contributed by atoms with Gasteiger partial charge in [0.05, 0.1) is 30.8 Å². The SMILES string of the molecule is C=CCCCCOC(=O)[C@@H]1[C@H]2C(=O)N([C@H](C)CO)C(C(=O)N(CC=C)C(C)(C)CC(C)(C)C)C23CC(C)[C@@]1(C)O3. The van der Waals surface area contributed by atoms with Crippen LogP contribution in [0.15, 0.2) is 25.3 Å². The zero-order valence-electron chi connectivity index (χ0n) is 26.0. The second-order valence-corrected chi connectivity index (χ2v) is 14.2. The molecule has 0 radical (unpaired) electrons. The van der Waals surface area contributed by atoms with Crippen LogP contribution in [0.1, 0.15) is 87.5 Å². The number of hydrogen-bond acceptors (Lipinski definition) is 6. The summed E-state index contributed by atoms with van der Waals surface area (Å²) in [6.07, 6.45) is 7.14. The third-order valence-corrected chi connectivity index (χ3v) is 9.30. The topological polar surface area (TPSA) is 96.4 Å². The summed E-state index contributed by atoms with van der Waals surface area (Å²) in [7, 11) is 0. The lowest BCUT2D eigenvalue weighted by Gasteiger charge is -2.46. The number of nitrogens with zero attached hydrogens (tertiary/aromatic N) is 2. The molecule has 1 N–H and O–H groups in total. The van der Waals surface area contributed by atoms with Gasteiger partial charge in [-0.15, -0.1) is 13.2 Å². The lowest BCUT2D eigenvalue weighted by atomic mass is 9.62. The van der Waals surface area contributed by atoms with Gasteiger partial charge in [-0.25, -0.2) is 0 Å². The van der Waals surface area contributed by atoms with E-state index in [1.807, 2.05) is 33.8 Å². The second kappa shape index (κ2) is 11.6. The number of carbonyl (C=O) groups is 3. The molecule has 3 heterocycles. The van der Waals surface area contributed by atoms with E-state index in [-0.39, 0.29) is 36.4 Å². The van der Waals surface area contributed by atoms with Crippen LogP contribution in [0.2, 0.25) is 0 Å². The Morgan fingerprint density at radius 1 is 1.23 bits per heavy atom. The molecule has 1 spiro atoms. The molecule has 0 saturated carbocycles. The molecule has 2 bridgehead atoms. The molecule has 3 aliphatic rings. The van der Waals surface area contributed by atoms with Crippen LogP contribution < -0.4 is 0 Å². The minimum Gasteiger partial charge on any atom is -0.465 e. The molecule has 226 valence electrons. The molecule has 0 aromatic carbocycles. The quantitative estimate of drug-likeness (QED) is 0.202. The number of rotatable bonds is 13. The maximum Gasteiger partial charge on any atom is 0.312 e. The van der Waals surface area contributed by atoms with Crippen molar-refractivity contribution in [2.24, 2.45) is 23.2 Å². The van der Waals surface area contributed by atoms with Crippen molar-refractivity contribution in [2.75, 3.05) is 19.8 Å². The van der Waals surface area contributed by atoms with Crippen LogP contribution in [0.3, 0.4) is 0 Å². The fraction of sp³-hybridized carbons (Fsp3) is 0.781. The summed E-state index contributed by atoms with van der Waals surface area (Å²) in [5.41, 5.74) is -2.73. The van der Waals surface area contributed by atoms with Gasteiger partial charge in [0.25, 0.3) is 0 Å². The average Bonchev–Trinajstić information content (AvgIpc) is 3.36. The highest BCUT2D eigenvalue weighted by atomic mass is 16.6. The maximum absolute atomic E-state index is 14.7. The van der Waals surface area contributed by atoms with Gasteiger partial charge in [0.2, 0.25) is 11.8 Å². The Kier molecular flexibility index (Phi) is 9.37. The molecular weight excluding hydrogens is 508 g/mol. The number of amides is 2. The first-order valence-electron chi connectivity index (χ1n) is 14.9. The minimum atomic E-state index is -1.18. The molecule has 8 heteroatoms. The lowest BCUT2D eigenvalue weighted by Crippen LogP contribution is -2.62. The van der Waals surface area contributed by atoms with Crippen LogP contribution in [0, 0.1) is 23.2 Å². The van der Waals surface area contributed by atoms with Gasteiger partial charge in [0.15, 0.2) is 0 Å². The number of fused-ring (bicyclic) bond motifs is 1. The molecule has 0 aliphatic carbocycles. The molecule has 0 aromatic heterocycles. The van der Waals surface area contributed by atoms with Crippen molar-refractivity contribution < 1.29 is 29.0 Å². The molecule has 0 aromatic rings. The predicted molar refractivity (Wildman–Crippen MR) is 155 cm³/mol. The molecule has 2 amide bonds. The van der Waals surface area contributed by atoms with Gasteiger partial charge in [-0.3, -0.25) is 14.4 Å². The zero-order chi connectivity index (χ0) is 30.3. The van der Waals surface area contributed by atoms with E-state index < -0.39 is 46.6 Å². The normalized spacial score (nSPS) is 32.1. The monoisotopic (exact) mass is 560 g/mol. The van der Waals surface area contributed by atoms with Crippen LogP contribution >= 0.6 is 0 Å². The van der Waals surface area contributed by atoms with Gasteiger partial charge >= 0.3 is 5.97 Å². The van der Waals surface area contributed by atoms with Gasteiger partial charge in [-0.05, 0) is 71.1 Å². The van der Waals surface area contributed by atoms with Gasteiger partial charge in [0.1, 0.15) is 17.6 Å². The van der Waals surface area contributed by atoms with E-state index in [9.17, 15) is 19.5 Å². The number of likely N-dealkylation sites (tertiary alicyclic amines) is 1. The van der Waals surface area contributed by atoms with Crippen molar-refractivity contribution in [3.05, 3.63) is 25.3 Å². The summed E-state index contributed by atoms with van der Waals surface area (Å²) < 4.78 is 12.5. The third kappa shape index (κ3) is 5.50. The van der Waals surface area contributed by atoms with Crippen molar-refractivity contribution >= 4 is 17.8 Å². The molecule has 3 saturated heterocycles. The van der Waals surface area contributed by atoms with Gasteiger partial charge in [-0.1, -0.05) is 39.8 Å². The fourth-order valence-corrected chi connectivity index (χ4v) is 7.84. The average molecular weight is 561 g/mol. The Hall–Kier alpha value is -2.19. The van der Waals surface area contributed by atoms with Crippen molar-refractivity contribution in [2.45, 2.75) is 116 Å². The first-order valence-corrected chi connectivity index (χ1v) is 14.9. The number of aliphatic hydroxyl groups is 1. The number of esters is 1. The Bertz CT molecular complexity index is 1000. The van der Waals surface area contributed by atoms with E-state index in [2.05, 4.69) is 33.9 Å². The molecule has 3 rings (SSSR count). The minimum absolute atomic E-state index is 0.0571. The number of ether oxygens (including phenoxy) is 2. The van der Waals surface area contributed by atoms with Crippen LogP contribution in [0.5, 0.6) is 0 Å². The zero-order valence-corrected chi connectivity index (χ0v) is 26.0. The first-order chi connectivity index (χ1) is 18.5. The summed E-state index contributed by atoms with van der Waals surface area (Å²) in [4.78, 5) is 45.9. The lowest BCUT2D eigenvalue weighted by molar-refractivity contribution is -0.164. The fourth-order valence-electron chi connectivity index (χ4n) is 7.84. The number of hydrogen-bond donors (Lipinski definition) is 1. The van der Waals surface area contributed by atoms with Crippen LogP contribution in [0.25, 0.3) is 0 Å². The van der Waals surface area contributed by atoms with Crippen molar-refractivity contribution in [3.8, 4) is 0 Å². The number of allylic oxidation sites excluding steroid dienone is 1. The first kappa shape index (κ1) is 32.3. The van der Waals surface area contributed by atoms with Crippen LogP contribution in [-0.2, 0) is 23.9 Å². The van der Waals surface area contributed by atoms with E-state index >= 15 is 0 Å². The molecule has 3 fully saturated rings. The predicted octanol–water partition coefficient (Wildman–Crippen LogP) is 4.51. The summed E-state index contributed by atoms with van der Waals surface area (Å²) in [5.74, 6) is -2.77. The molecule has 40 heavy (non-hydrogen) atoms. The maximum atomic E-state index is 14.7. The van der Waals surface area contributed by atoms with E-state index in [1.54, 1.807) is 17.9 Å². The Morgan fingerprint density at radius 3 is 2.42 bits per heavy atom. The molecule has 7 atom stereocenters. The highest BCUT2D eigenvalue weighted by molar-refractivity contribution is 5.99. The van der Waals surface area contributed by atoms with Gasteiger partial charge in [-0.2, -0.15) is 0 Å². The summed E-state index contributed by atoms with van der Waals surface area (Å²) in [5, 5.41) is 10.2. The Morgan fingerprint density at radius 2 is 1.88 bits per heavy atom. The molecule has 3 unspecified atom stereocenters. The van der Waals surface area contributed by atoms with Crippen molar-refractivity contribution in [1.29, 1.82) is 0 Å². The van der Waals surface area contributed by atoms with E-state index in [4.69, 9.17) is 9.47 Å². The summed E-state index contributed by atoms with van der Waals surface area (Å²) >= 11 is 0. The van der Waals surface area contributed by atoms with E-state index in [1.165, 1.54) is 4.90 Å². The van der Waals surface area contributed by atoms with E-state index in [0.717, 1.165) is 19.3 Å². The summed E-state index contributed by atoms with van der Waals surface area (Å²) in [6.45, 7) is 24.0. The molecular formula is C32H52N2O6. The Balaban J connectivity index is 2.07. The second-order valence-electron chi connectivity index (χ2n) is 14.2. The van der Waals surface area contributed by atoms with Crippen LogP contribution in [-0.4, -0.2) is 81.3 Å². The van der Waals surface area contributed by atoms with Gasteiger partial charge in [0, 0.05) is 12.1 Å². The summed E-state index contributed by atoms with van der Waals surface area (Å²) in [6, 6.07) is -1.60. The molecule has 3 aliphatic heterocycles. The molecule has 8 nitrogen and oxygen atoms in total. The third-order valence-electron chi connectivity index (χ3n) is 9.30.